The number of aliphatic hydroxyl groups is 1. The number of alkyl carbamates (subject to hydrolysis) is 1. The highest BCUT2D eigenvalue weighted by atomic mass is 79.9. The zero-order valence-electron chi connectivity index (χ0n) is 20.6. The maximum absolute atomic E-state index is 13.2. The first-order valence-electron chi connectivity index (χ1n) is 10.8. The molecule has 0 aliphatic heterocycles. The largest absolute Gasteiger partial charge is 0.465 e. The maximum Gasteiger partial charge on any atom is 0.416 e. The highest BCUT2D eigenvalue weighted by molar-refractivity contribution is 9.11. The second kappa shape index (κ2) is 10.5. The fraction of sp³-hybridized carbons (Fsp3) is 0.522. The lowest BCUT2D eigenvalue weighted by molar-refractivity contribution is -0.137. The summed E-state index contributed by atoms with van der Waals surface area (Å²) in [6.45, 7) is 9.28. The summed E-state index contributed by atoms with van der Waals surface area (Å²) >= 11 is 4.24. The van der Waals surface area contributed by atoms with Crippen LogP contribution in [0.5, 0.6) is 0 Å². The van der Waals surface area contributed by atoms with Gasteiger partial charge in [0.25, 0.3) is 0 Å². The standard InChI is InChI=1S/C23H29BrF3N3O5S/c1-20(2,3)22(34,13-7-9-14(10-8-13)23(25,26)27)15(29-18(31)35-21(4,5)6)12-30(19(32)33)17-28-11-16(24)36-17/h7-11,15,34H,12H2,1-6H3,(H,29,31)(H,32,33)/t15-,22+/m1/s1. The van der Waals surface area contributed by atoms with Crippen LogP contribution in [-0.4, -0.2) is 45.6 Å². The Balaban J connectivity index is 2.64. The first-order chi connectivity index (χ1) is 16.3. The van der Waals surface area contributed by atoms with Gasteiger partial charge in [-0.15, -0.1) is 0 Å². The topological polar surface area (TPSA) is 112 Å². The van der Waals surface area contributed by atoms with Gasteiger partial charge in [0.15, 0.2) is 5.13 Å². The molecule has 0 saturated heterocycles. The minimum atomic E-state index is -4.59. The highest BCUT2D eigenvalue weighted by Gasteiger charge is 2.50. The van der Waals surface area contributed by atoms with E-state index in [0.717, 1.165) is 40.5 Å². The van der Waals surface area contributed by atoms with Gasteiger partial charge < -0.3 is 20.3 Å². The molecule has 2 rings (SSSR count). The van der Waals surface area contributed by atoms with Crippen LogP contribution in [0.2, 0.25) is 0 Å². The van der Waals surface area contributed by atoms with Crippen LogP contribution in [0.1, 0.15) is 52.7 Å². The quantitative estimate of drug-likeness (QED) is 0.364. The van der Waals surface area contributed by atoms with Crippen LogP contribution < -0.4 is 10.2 Å². The van der Waals surface area contributed by atoms with Gasteiger partial charge in [-0.1, -0.05) is 44.2 Å². The summed E-state index contributed by atoms with van der Waals surface area (Å²) in [4.78, 5) is 29.8. The molecule has 13 heteroatoms. The number of nitrogens with zero attached hydrogens (tertiary/aromatic N) is 2. The molecule has 200 valence electrons. The van der Waals surface area contributed by atoms with Gasteiger partial charge in [-0.25, -0.2) is 14.6 Å². The van der Waals surface area contributed by atoms with Crippen LogP contribution in [0.4, 0.5) is 27.9 Å². The first-order valence-corrected chi connectivity index (χ1v) is 12.4. The minimum Gasteiger partial charge on any atom is -0.465 e. The van der Waals surface area contributed by atoms with E-state index in [9.17, 15) is 33.0 Å². The fourth-order valence-electron chi connectivity index (χ4n) is 3.59. The van der Waals surface area contributed by atoms with Crippen LogP contribution in [0.3, 0.4) is 0 Å². The number of carbonyl (C=O) groups excluding carboxylic acids is 1. The van der Waals surface area contributed by atoms with Gasteiger partial charge in [0.05, 0.1) is 28.1 Å². The van der Waals surface area contributed by atoms with Gasteiger partial charge in [0.1, 0.15) is 11.2 Å². The summed E-state index contributed by atoms with van der Waals surface area (Å²) in [6.07, 6.45) is -5.53. The molecule has 2 atom stereocenters. The molecule has 0 saturated carbocycles. The number of aromatic nitrogens is 1. The van der Waals surface area contributed by atoms with E-state index in [4.69, 9.17) is 4.74 Å². The summed E-state index contributed by atoms with van der Waals surface area (Å²) in [5.74, 6) is 0. The number of carbonyl (C=O) groups is 2. The van der Waals surface area contributed by atoms with Gasteiger partial charge in [-0.3, -0.25) is 4.90 Å². The smallest absolute Gasteiger partial charge is 0.416 e. The number of rotatable bonds is 6. The number of benzene rings is 1. The molecule has 0 aliphatic carbocycles. The van der Waals surface area contributed by atoms with Crippen molar-refractivity contribution in [3.8, 4) is 0 Å². The normalized spacial score (nSPS) is 15.1. The molecule has 3 N–H and O–H groups in total. The van der Waals surface area contributed by atoms with E-state index < -0.39 is 53.1 Å². The molecular weight excluding hydrogens is 567 g/mol. The molecule has 2 aromatic rings. The fourth-order valence-corrected chi connectivity index (χ4v) is 4.78. The van der Waals surface area contributed by atoms with Crippen molar-refractivity contribution >= 4 is 44.6 Å². The average molecular weight is 596 g/mol. The number of hydrogen-bond donors (Lipinski definition) is 3. The molecule has 0 fully saturated rings. The number of nitrogens with one attached hydrogen (secondary N) is 1. The predicted molar refractivity (Wildman–Crippen MR) is 133 cm³/mol. The van der Waals surface area contributed by atoms with Crippen LogP contribution in [0.15, 0.2) is 34.2 Å². The van der Waals surface area contributed by atoms with Crippen molar-refractivity contribution in [3.63, 3.8) is 0 Å². The Morgan fingerprint density at radius 1 is 1.11 bits per heavy atom. The number of carboxylic acid groups (broad SMARTS) is 1. The molecule has 0 aliphatic rings. The Morgan fingerprint density at radius 2 is 1.64 bits per heavy atom. The maximum atomic E-state index is 13.2. The molecule has 0 spiro atoms. The predicted octanol–water partition coefficient (Wildman–Crippen LogP) is 6.24. The summed E-state index contributed by atoms with van der Waals surface area (Å²) in [7, 11) is 0. The van der Waals surface area contributed by atoms with Crippen LogP contribution in [0, 0.1) is 5.41 Å². The van der Waals surface area contributed by atoms with Gasteiger partial charge in [0.2, 0.25) is 0 Å². The van der Waals surface area contributed by atoms with Crippen LogP contribution in [0.25, 0.3) is 0 Å². The van der Waals surface area contributed by atoms with E-state index >= 15 is 0 Å². The number of amides is 2. The lowest BCUT2D eigenvalue weighted by atomic mass is 9.67. The van der Waals surface area contributed by atoms with Gasteiger partial charge in [0, 0.05) is 0 Å². The van der Waals surface area contributed by atoms with Gasteiger partial charge >= 0.3 is 18.4 Å². The number of anilines is 1. The minimum absolute atomic E-state index is 0.0507. The van der Waals surface area contributed by atoms with E-state index in [1.54, 1.807) is 41.5 Å². The summed E-state index contributed by atoms with van der Waals surface area (Å²) < 4.78 is 45.4. The Bertz CT molecular complexity index is 1080. The van der Waals surface area contributed by atoms with Crippen LogP contribution in [-0.2, 0) is 16.5 Å². The summed E-state index contributed by atoms with van der Waals surface area (Å²) in [5, 5.41) is 24.6. The molecule has 2 amide bonds. The Morgan fingerprint density at radius 3 is 2.03 bits per heavy atom. The molecule has 0 unspecified atom stereocenters. The van der Waals surface area contributed by atoms with Crippen molar-refractivity contribution in [1.82, 2.24) is 10.3 Å². The van der Waals surface area contributed by atoms with Crippen molar-refractivity contribution in [2.45, 2.75) is 65.0 Å². The van der Waals surface area contributed by atoms with E-state index in [1.807, 2.05) is 0 Å². The number of ether oxygens (including phenoxy) is 1. The lowest BCUT2D eigenvalue weighted by Gasteiger charge is -2.47. The molecular formula is C23H29BrF3N3O5S. The van der Waals surface area contributed by atoms with E-state index in [0.29, 0.717) is 3.79 Å². The van der Waals surface area contributed by atoms with Gasteiger partial charge in [-0.05, 0) is 59.8 Å². The Hall–Kier alpha value is -2.38. The molecule has 0 bridgehead atoms. The summed E-state index contributed by atoms with van der Waals surface area (Å²) in [5.41, 5.74) is -4.92. The monoisotopic (exact) mass is 595 g/mol. The molecule has 1 aromatic heterocycles. The molecule has 0 radical (unpaired) electrons. The first kappa shape index (κ1) is 29.8. The zero-order chi connectivity index (χ0) is 27.7. The van der Waals surface area contributed by atoms with Crippen molar-refractivity contribution in [1.29, 1.82) is 0 Å². The average Bonchev–Trinajstić information content (AvgIpc) is 3.13. The molecule has 1 aromatic carbocycles. The Kier molecular flexibility index (Phi) is 8.74. The highest BCUT2D eigenvalue weighted by Crippen LogP contribution is 2.44. The SMILES string of the molecule is CC(C)(C)OC(=O)N[C@H](CN(C(=O)O)c1ncc(Br)s1)[C@@](O)(c1ccc(C(F)(F)F)cc1)C(C)(C)C. The van der Waals surface area contributed by atoms with Crippen LogP contribution >= 0.6 is 27.3 Å². The Labute approximate surface area is 219 Å². The van der Waals surface area contributed by atoms with E-state index in [-0.39, 0.29) is 10.7 Å². The van der Waals surface area contributed by atoms with E-state index in [1.165, 1.54) is 6.20 Å². The number of halogens is 4. The van der Waals surface area contributed by atoms with Crippen molar-refractivity contribution in [3.05, 3.63) is 45.4 Å². The van der Waals surface area contributed by atoms with Crippen molar-refractivity contribution in [2.24, 2.45) is 5.41 Å². The third-order valence-corrected chi connectivity index (χ3v) is 6.78. The zero-order valence-corrected chi connectivity index (χ0v) is 23.0. The molecule has 8 nitrogen and oxygen atoms in total. The van der Waals surface area contributed by atoms with Crippen molar-refractivity contribution < 1.29 is 37.7 Å². The molecule has 36 heavy (non-hydrogen) atoms. The number of alkyl halides is 3. The summed E-state index contributed by atoms with van der Waals surface area (Å²) in [6, 6.07) is 2.52. The second-order valence-corrected chi connectivity index (χ2v) is 12.5. The lowest BCUT2D eigenvalue weighted by Crippen LogP contribution is -2.62. The number of thiazole rings is 1. The second-order valence-electron chi connectivity index (χ2n) is 10.1. The van der Waals surface area contributed by atoms with Gasteiger partial charge in [-0.2, -0.15) is 13.2 Å². The van der Waals surface area contributed by atoms with E-state index in [2.05, 4.69) is 26.2 Å². The third kappa shape index (κ3) is 7.10. The third-order valence-electron chi connectivity index (χ3n) is 5.28. The molecule has 1 heterocycles. The van der Waals surface area contributed by atoms with Crippen molar-refractivity contribution in [2.75, 3.05) is 11.4 Å². The number of hydrogen-bond acceptors (Lipinski definition) is 6.